The summed E-state index contributed by atoms with van der Waals surface area (Å²) in [6.45, 7) is 19.4. The SMILES string of the molecule is COc1cc(C=CC(=O)O[C@H]2CC[C@]3(C)[C@H]4C=C[C@]5(O)[C@@H]6[C@@H](C)[C@H](C)CC[C@]6(C)CC[C@@]5(C)[C@]4(C)CC[C@H]3C2(C)C)ccc1O. The number of aliphatic hydroxyl groups is 1. The summed E-state index contributed by atoms with van der Waals surface area (Å²) in [6.07, 6.45) is 16.6. The molecule has 0 radical (unpaired) electrons. The van der Waals surface area contributed by atoms with Crippen LogP contribution in [0.25, 0.3) is 6.08 Å². The maximum absolute atomic E-state index is 13.1. The first-order valence-corrected chi connectivity index (χ1v) is 17.6. The first-order chi connectivity index (χ1) is 21.0. The lowest BCUT2D eigenvalue weighted by Crippen LogP contribution is -2.72. The quantitative estimate of drug-likeness (QED) is 0.200. The van der Waals surface area contributed by atoms with Crippen LogP contribution in [-0.2, 0) is 9.53 Å². The number of benzene rings is 1. The van der Waals surface area contributed by atoms with Crippen molar-refractivity contribution in [2.24, 2.45) is 56.7 Å². The standard InChI is InChI=1S/C40H58O5/c1-25-14-18-36(5)22-23-39(8)38(7)20-15-30-35(3,4)32(45-33(42)13-11-27-10-12-28(41)29(24-27)44-9)17-19-37(30,6)31(38)16-21-40(39,43)34(36)26(25)2/h10-13,16,21,24-26,30-32,34,41,43H,14-15,17-20,22-23H2,1-9H3/t25-,26+,30+,31-,32+,34-,36-,37+,38-,39+,40+/m1/s1. The van der Waals surface area contributed by atoms with Crippen molar-refractivity contribution in [3.05, 3.63) is 42.0 Å². The number of hydrogen-bond donors (Lipinski definition) is 2. The molecule has 4 fully saturated rings. The number of aromatic hydroxyl groups is 1. The van der Waals surface area contributed by atoms with Crippen LogP contribution in [0.5, 0.6) is 11.5 Å². The van der Waals surface area contributed by atoms with E-state index in [4.69, 9.17) is 9.47 Å². The zero-order valence-corrected chi connectivity index (χ0v) is 29.3. The Labute approximate surface area is 271 Å². The highest BCUT2D eigenvalue weighted by Crippen LogP contribution is 2.76. The van der Waals surface area contributed by atoms with Crippen molar-refractivity contribution in [3.63, 3.8) is 0 Å². The van der Waals surface area contributed by atoms with Gasteiger partial charge in [0, 0.05) is 22.8 Å². The molecule has 248 valence electrons. The second-order valence-electron chi connectivity index (χ2n) is 17.6. The Hall–Kier alpha value is -2.27. The number of esters is 1. The number of carbonyl (C=O) groups excluding carboxylic acids is 1. The van der Waals surface area contributed by atoms with Crippen molar-refractivity contribution >= 4 is 12.0 Å². The van der Waals surface area contributed by atoms with Gasteiger partial charge in [0.1, 0.15) is 6.10 Å². The second kappa shape index (κ2) is 10.6. The van der Waals surface area contributed by atoms with Crippen molar-refractivity contribution in [1.82, 2.24) is 0 Å². The van der Waals surface area contributed by atoms with E-state index < -0.39 is 5.60 Å². The lowest BCUT2D eigenvalue weighted by Gasteiger charge is -2.74. The van der Waals surface area contributed by atoms with Gasteiger partial charge in [-0.1, -0.05) is 73.6 Å². The number of allylic oxidation sites excluding steroid dienone is 1. The van der Waals surface area contributed by atoms with Crippen LogP contribution in [0, 0.1) is 56.7 Å². The molecule has 45 heavy (non-hydrogen) atoms. The number of ether oxygens (including phenoxy) is 2. The molecule has 1 aromatic carbocycles. The molecule has 0 saturated heterocycles. The molecule has 0 heterocycles. The molecule has 0 unspecified atom stereocenters. The van der Waals surface area contributed by atoms with E-state index in [1.165, 1.54) is 32.4 Å². The molecule has 2 N–H and O–H groups in total. The summed E-state index contributed by atoms with van der Waals surface area (Å²) in [5, 5.41) is 22.9. The predicted molar refractivity (Wildman–Crippen MR) is 180 cm³/mol. The summed E-state index contributed by atoms with van der Waals surface area (Å²) in [4.78, 5) is 13.1. The Kier molecular flexibility index (Phi) is 7.71. The predicted octanol–water partition coefficient (Wildman–Crippen LogP) is 8.97. The molecule has 5 nitrogen and oxygen atoms in total. The number of phenolic OH excluding ortho intramolecular Hbond substituents is 1. The van der Waals surface area contributed by atoms with Crippen molar-refractivity contribution in [3.8, 4) is 11.5 Å². The van der Waals surface area contributed by atoms with Crippen LogP contribution >= 0.6 is 0 Å². The van der Waals surface area contributed by atoms with Crippen molar-refractivity contribution < 1.29 is 24.5 Å². The molecule has 4 saturated carbocycles. The van der Waals surface area contributed by atoms with Gasteiger partial charge in [0.2, 0.25) is 0 Å². The normalized spacial score (nSPS) is 46.8. The highest BCUT2D eigenvalue weighted by atomic mass is 16.5. The van der Waals surface area contributed by atoms with Gasteiger partial charge in [-0.2, -0.15) is 0 Å². The molecular weight excluding hydrogens is 560 g/mol. The number of methoxy groups -OCH3 is 1. The molecule has 0 bridgehead atoms. The van der Waals surface area contributed by atoms with E-state index in [1.54, 1.807) is 24.3 Å². The number of carbonyl (C=O) groups is 1. The van der Waals surface area contributed by atoms with Gasteiger partial charge in [0.15, 0.2) is 11.5 Å². The van der Waals surface area contributed by atoms with Crippen molar-refractivity contribution in [2.45, 2.75) is 118 Å². The number of fused-ring (bicyclic) bond motifs is 7. The van der Waals surface area contributed by atoms with Crippen LogP contribution in [0.4, 0.5) is 0 Å². The van der Waals surface area contributed by atoms with E-state index in [1.807, 2.05) is 0 Å². The monoisotopic (exact) mass is 618 g/mol. The number of phenols is 1. The van der Waals surface area contributed by atoms with Gasteiger partial charge in [-0.25, -0.2) is 4.79 Å². The fourth-order valence-corrected chi connectivity index (χ4v) is 12.4. The number of hydrogen-bond acceptors (Lipinski definition) is 5. The third-order valence-corrected chi connectivity index (χ3v) is 15.4. The highest BCUT2D eigenvalue weighted by Gasteiger charge is 2.73. The molecule has 5 aliphatic carbocycles. The van der Waals surface area contributed by atoms with Gasteiger partial charge < -0.3 is 19.7 Å². The van der Waals surface area contributed by atoms with Gasteiger partial charge in [-0.15, -0.1) is 0 Å². The van der Waals surface area contributed by atoms with Gasteiger partial charge in [0.25, 0.3) is 0 Å². The second-order valence-corrected chi connectivity index (χ2v) is 17.6. The maximum atomic E-state index is 13.1. The average Bonchev–Trinajstić information content (AvgIpc) is 2.97. The molecule has 0 spiro atoms. The van der Waals surface area contributed by atoms with Crippen LogP contribution in [-0.4, -0.2) is 35.0 Å². The van der Waals surface area contributed by atoms with E-state index in [-0.39, 0.29) is 50.8 Å². The Balaban J connectivity index is 1.26. The molecule has 6 rings (SSSR count). The minimum absolute atomic E-state index is 0.00299. The zero-order valence-electron chi connectivity index (χ0n) is 29.3. The molecule has 1 aromatic rings. The lowest BCUT2D eigenvalue weighted by atomic mass is 9.31. The molecule has 5 aliphatic rings. The van der Waals surface area contributed by atoms with Crippen LogP contribution in [0.1, 0.15) is 112 Å². The van der Waals surface area contributed by atoms with E-state index in [2.05, 4.69) is 67.5 Å². The molecule has 0 aliphatic heterocycles. The summed E-state index contributed by atoms with van der Waals surface area (Å²) < 4.78 is 11.4. The largest absolute Gasteiger partial charge is 0.504 e. The smallest absolute Gasteiger partial charge is 0.331 e. The van der Waals surface area contributed by atoms with Crippen LogP contribution < -0.4 is 4.74 Å². The first-order valence-electron chi connectivity index (χ1n) is 17.6. The average molecular weight is 619 g/mol. The van der Waals surface area contributed by atoms with Crippen LogP contribution in [0.3, 0.4) is 0 Å². The molecule has 11 atom stereocenters. The zero-order chi connectivity index (χ0) is 32.8. The summed E-state index contributed by atoms with van der Waals surface area (Å²) in [6, 6.07) is 5.02. The lowest BCUT2D eigenvalue weighted by molar-refractivity contribution is -0.275. The van der Waals surface area contributed by atoms with Crippen LogP contribution in [0.2, 0.25) is 0 Å². The minimum Gasteiger partial charge on any atom is -0.504 e. The minimum atomic E-state index is -0.793. The third-order valence-electron chi connectivity index (χ3n) is 15.4. The molecular formula is C40H58O5. The summed E-state index contributed by atoms with van der Waals surface area (Å²) in [5.41, 5.74) is -0.137. The Bertz CT molecular complexity index is 1390. The topological polar surface area (TPSA) is 76.0 Å². The van der Waals surface area contributed by atoms with E-state index in [9.17, 15) is 15.0 Å². The molecule has 5 heteroatoms. The van der Waals surface area contributed by atoms with Gasteiger partial charge in [0.05, 0.1) is 12.7 Å². The summed E-state index contributed by atoms with van der Waals surface area (Å²) in [5.74, 6) is 2.31. The van der Waals surface area contributed by atoms with E-state index in [0.717, 1.165) is 37.7 Å². The Morgan fingerprint density at radius 1 is 0.956 bits per heavy atom. The van der Waals surface area contributed by atoms with Crippen LogP contribution in [0.15, 0.2) is 36.4 Å². The van der Waals surface area contributed by atoms with E-state index in [0.29, 0.717) is 29.4 Å². The van der Waals surface area contributed by atoms with Gasteiger partial charge in [-0.3, -0.25) is 0 Å². The molecule has 0 aromatic heterocycles. The van der Waals surface area contributed by atoms with Gasteiger partial charge >= 0.3 is 5.97 Å². The summed E-state index contributed by atoms with van der Waals surface area (Å²) in [7, 11) is 1.51. The third kappa shape index (κ3) is 4.52. The Morgan fingerprint density at radius 3 is 2.40 bits per heavy atom. The van der Waals surface area contributed by atoms with Gasteiger partial charge in [-0.05, 0) is 115 Å². The molecule has 0 amide bonds. The fraction of sp³-hybridized carbons (Fsp3) is 0.725. The Morgan fingerprint density at radius 2 is 1.69 bits per heavy atom. The van der Waals surface area contributed by atoms with Crippen molar-refractivity contribution in [1.29, 1.82) is 0 Å². The first kappa shape index (κ1) is 32.7. The van der Waals surface area contributed by atoms with Crippen molar-refractivity contribution in [2.75, 3.05) is 7.11 Å². The van der Waals surface area contributed by atoms with E-state index >= 15 is 0 Å². The summed E-state index contributed by atoms with van der Waals surface area (Å²) >= 11 is 0. The highest BCUT2D eigenvalue weighted by molar-refractivity contribution is 5.87. The maximum Gasteiger partial charge on any atom is 0.331 e. The number of rotatable bonds is 4. The fourth-order valence-electron chi connectivity index (χ4n) is 12.4.